The van der Waals surface area contributed by atoms with E-state index in [-0.39, 0.29) is 6.79 Å². The minimum atomic E-state index is -0.908. The summed E-state index contributed by atoms with van der Waals surface area (Å²) in [4.78, 5) is 24.7. The summed E-state index contributed by atoms with van der Waals surface area (Å²) >= 11 is 1.29. The van der Waals surface area contributed by atoms with E-state index >= 15 is 0 Å². The van der Waals surface area contributed by atoms with Crippen molar-refractivity contribution in [3.05, 3.63) is 40.1 Å². The molecule has 2 heterocycles. The second-order valence-corrected chi connectivity index (χ2v) is 5.95. The number of hydrogen-bond donors (Lipinski definition) is 1. The Morgan fingerprint density at radius 2 is 2.04 bits per heavy atom. The maximum absolute atomic E-state index is 12.1. The van der Waals surface area contributed by atoms with Crippen LogP contribution in [0.3, 0.4) is 0 Å². The molecule has 0 fully saturated rings. The van der Waals surface area contributed by atoms with Gasteiger partial charge in [0.25, 0.3) is 5.91 Å². The van der Waals surface area contributed by atoms with Gasteiger partial charge in [-0.1, -0.05) is 0 Å². The standard InChI is InChI=1S/C16H15NO5S/c1-9-5-6-23-14(9)16(19)22-10(2)15(18)17-11-3-4-12-13(7-11)21-8-20-12/h3-7,10H,8H2,1-2H3,(H,17,18)/t10-/m0/s1. The van der Waals surface area contributed by atoms with Gasteiger partial charge in [-0.3, -0.25) is 4.79 Å². The first-order valence-electron chi connectivity index (χ1n) is 7.00. The SMILES string of the molecule is Cc1ccsc1C(=O)O[C@@H](C)C(=O)Nc1ccc2c(c1)OCO2. The summed E-state index contributed by atoms with van der Waals surface area (Å²) in [5.41, 5.74) is 1.39. The van der Waals surface area contributed by atoms with Crippen molar-refractivity contribution in [3.8, 4) is 11.5 Å². The molecule has 7 heteroatoms. The molecule has 1 aliphatic heterocycles. The summed E-state index contributed by atoms with van der Waals surface area (Å²) in [6.45, 7) is 3.52. The van der Waals surface area contributed by atoms with E-state index in [4.69, 9.17) is 14.2 Å². The third kappa shape index (κ3) is 3.29. The predicted octanol–water partition coefficient (Wildman–Crippen LogP) is 2.97. The molecule has 0 bridgehead atoms. The van der Waals surface area contributed by atoms with Gasteiger partial charge in [0.1, 0.15) is 4.88 Å². The number of amides is 1. The summed E-state index contributed by atoms with van der Waals surface area (Å²) < 4.78 is 15.7. The molecule has 120 valence electrons. The first kappa shape index (κ1) is 15.4. The van der Waals surface area contributed by atoms with Gasteiger partial charge >= 0.3 is 5.97 Å². The molecule has 1 aromatic carbocycles. The molecule has 0 unspecified atom stereocenters. The quantitative estimate of drug-likeness (QED) is 0.871. The van der Waals surface area contributed by atoms with Gasteiger partial charge < -0.3 is 19.5 Å². The molecule has 0 saturated carbocycles. The van der Waals surface area contributed by atoms with Crippen LogP contribution in [0.4, 0.5) is 5.69 Å². The highest BCUT2D eigenvalue weighted by Gasteiger charge is 2.22. The third-order valence-corrected chi connectivity index (χ3v) is 4.34. The number of aryl methyl sites for hydroxylation is 1. The van der Waals surface area contributed by atoms with Crippen molar-refractivity contribution in [1.29, 1.82) is 0 Å². The Hall–Kier alpha value is -2.54. The third-order valence-electron chi connectivity index (χ3n) is 3.34. The van der Waals surface area contributed by atoms with E-state index < -0.39 is 18.0 Å². The summed E-state index contributed by atoms with van der Waals surface area (Å²) in [6.07, 6.45) is -0.908. The maximum atomic E-state index is 12.1. The second kappa shape index (κ2) is 6.29. The van der Waals surface area contributed by atoms with E-state index in [2.05, 4.69) is 5.32 Å². The predicted molar refractivity (Wildman–Crippen MR) is 85.1 cm³/mol. The molecule has 1 N–H and O–H groups in total. The van der Waals surface area contributed by atoms with Crippen LogP contribution in [0, 0.1) is 6.92 Å². The van der Waals surface area contributed by atoms with Crippen LogP contribution in [0.5, 0.6) is 11.5 Å². The van der Waals surface area contributed by atoms with Crippen LogP contribution in [0.1, 0.15) is 22.2 Å². The fourth-order valence-electron chi connectivity index (χ4n) is 2.07. The Kier molecular flexibility index (Phi) is 4.20. The molecule has 0 radical (unpaired) electrons. The number of fused-ring (bicyclic) bond motifs is 1. The Bertz CT molecular complexity index is 755. The number of nitrogens with one attached hydrogen (secondary N) is 1. The topological polar surface area (TPSA) is 73.9 Å². The normalized spacial score (nSPS) is 13.5. The molecule has 1 aliphatic rings. The molecule has 3 rings (SSSR count). The molecule has 2 aromatic rings. The zero-order valence-corrected chi connectivity index (χ0v) is 13.4. The average Bonchev–Trinajstić information content (AvgIpc) is 3.15. The summed E-state index contributed by atoms with van der Waals surface area (Å²) in [7, 11) is 0. The van der Waals surface area contributed by atoms with Crippen LogP contribution < -0.4 is 14.8 Å². The van der Waals surface area contributed by atoms with Gasteiger partial charge in [0.05, 0.1) is 0 Å². The van der Waals surface area contributed by atoms with Gasteiger partial charge in [-0.15, -0.1) is 11.3 Å². The summed E-state index contributed by atoms with van der Waals surface area (Å²) in [5, 5.41) is 4.50. The highest BCUT2D eigenvalue weighted by atomic mass is 32.1. The number of ether oxygens (including phenoxy) is 3. The lowest BCUT2D eigenvalue weighted by atomic mass is 10.2. The minimum absolute atomic E-state index is 0.168. The van der Waals surface area contributed by atoms with E-state index in [0.717, 1.165) is 5.56 Å². The number of rotatable bonds is 4. The number of hydrogen-bond acceptors (Lipinski definition) is 6. The molecule has 6 nitrogen and oxygen atoms in total. The molecule has 0 spiro atoms. The van der Waals surface area contributed by atoms with Crippen LogP contribution in [0.2, 0.25) is 0 Å². The fourth-order valence-corrected chi connectivity index (χ4v) is 2.87. The second-order valence-electron chi connectivity index (χ2n) is 5.04. The Morgan fingerprint density at radius 1 is 1.26 bits per heavy atom. The molecule has 23 heavy (non-hydrogen) atoms. The van der Waals surface area contributed by atoms with Crippen LogP contribution in [-0.4, -0.2) is 24.8 Å². The van der Waals surface area contributed by atoms with Crippen molar-refractivity contribution in [3.63, 3.8) is 0 Å². The minimum Gasteiger partial charge on any atom is -0.454 e. The van der Waals surface area contributed by atoms with Crippen molar-refractivity contribution < 1.29 is 23.8 Å². The van der Waals surface area contributed by atoms with Crippen LogP contribution >= 0.6 is 11.3 Å². The van der Waals surface area contributed by atoms with E-state index in [0.29, 0.717) is 22.1 Å². The first-order valence-corrected chi connectivity index (χ1v) is 7.88. The number of esters is 1. The zero-order valence-electron chi connectivity index (χ0n) is 12.6. The van der Waals surface area contributed by atoms with Crippen molar-refractivity contribution >= 4 is 28.9 Å². The van der Waals surface area contributed by atoms with Gasteiger partial charge in [0, 0.05) is 11.8 Å². The fraction of sp³-hybridized carbons (Fsp3) is 0.250. The average molecular weight is 333 g/mol. The first-order chi connectivity index (χ1) is 11.0. The molecule has 1 atom stereocenters. The van der Waals surface area contributed by atoms with Crippen molar-refractivity contribution in [1.82, 2.24) is 0 Å². The van der Waals surface area contributed by atoms with E-state index in [1.165, 1.54) is 18.3 Å². The monoisotopic (exact) mass is 333 g/mol. The van der Waals surface area contributed by atoms with Gasteiger partial charge in [-0.2, -0.15) is 0 Å². The number of carbonyl (C=O) groups is 2. The molecule has 0 saturated heterocycles. The summed E-state index contributed by atoms with van der Waals surface area (Å²) in [6, 6.07) is 6.91. The molecule has 0 aliphatic carbocycles. The number of benzene rings is 1. The molecular weight excluding hydrogens is 318 g/mol. The van der Waals surface area contributed by atoms with Crippen LogP contribution in [0.25, 0.3) is 0 Å². The van der Waals surface area contributed by atoms with E-state index in [9.17, 15) is 9.59 Å². The zero-order chi connectivity index (χ0) is 16.4. The van der Waals surface area contributed by atoms with Crippen molar-refractivity contribution in [2.75, 3.05) is 12.1 Å². The van der Waals surface area contributed by atoms with Gasteiger partial charge in [-0.25, -0.2) is 4.79 Å². The summed E-state index contributed by atoms with van der Waals surface area (Å²) in [5.74, 6) is 0.301. The lowest BCUT2D eigenvalue weighted by molar-refractivity contribution is -0.123. The number of anilines is 1. The smallest absolute Gasteiger partial charge is 0.349 e. The molecule has 1 amide bonds. The molecular formula is C16H15NO5S. The van der Waals surface area contributed by atoms with E-state index in [1.807, 2.05) is 18.4 Å². The number of carbonyl (C=O) groups excluding carboxylic acids is 2. The Morgan fingerprint density at radius 3 is 2.78 bits per heavy atom. The Balaban J connectivity index is 1.61. The lowest BCUT2D eigenvalue weighted by Gasteiger charge is -2.13. The lowest BCUT2D eigenvalue weighted by Crippen LogP contribution is -2.29. The molecule has 1 aromatic heterocycles. The highest BCUT2D eigenvalue weighted by molar-refractivity contribution is 7.12. The number of thiophene rings is 1. The highest BCUT2D eigenvalue weighted by Crippen LogP contribution is 2.34. The van der Waals surface area contributed by atoms with Crippen LogP contribution in [-0.2, 0) is 9.53 Å². The van der Waals surface area contributed by atoms with Crippen molar-refractivity contribution in [2.24, 2.45) is 0 Å². The van der Waals surface area contributed by atoms with Gasteiger partial charge in [0.2, 0.25) is 6.79 Å². The van der Waals surface area contributed by atoms with Gasteiger partial charge in [-0.05, 0) is 43.0 Å². The van der Waals surface area contributed by atoms with E-state index in [1.54, 1.807) is 18.2 Å². The van der Waals surface area contributed by atoms with Crippen LogP contribution in [0.15, 0.2) is 29.6 Å². The Labute approximate surface area is 137 Å². The van der Waals surface area contributed by atoms with Crippen molar-refractivity contribution in [2.45, 2.75) is 20.0 Å². The maximum Gasteiger partial charge on any atom is 0.349 e. The largest absolute Gasteiger partial charge is 0.454 e. The van der Waals surface area contributed by atoms with Gasteiger partial charge in [0.15, 0.2) is 17.6 Å².